The zero-order valence-electron chi connectivity index (χ0n) is 13.1. The SMILES string of the molecule is Cc1c(Cl)cccc1N1CC(C(=O)Nc2ccccc2I)CC1=O. The van der Waals surface area contributed by atoms with Crippen LogP contribution in [-0.2, 0) is 9.59 Å². The van der Waals surface area contributed by atoms with Gasteiger partial charge in [-0.3, -0.25) is 9.59 Å². The van der Waals surface area contributed by atoms with Gasteiger partial charge in [0.05, 0.1) is 11.6 Å². The van der Waals surface area contributed by atoms with Crippen LogP contribution >= 0.6 is 34.2 Å². The maximum absolute atomic E-state index is 12.5. The van der Waals surface area contributed by atoms with Crippen LogP contribution in [0, 0.1) is 16.4 Å². The summed E-state index contributed by atoms with van der Waals surface area (Å²) in [6.45, 7) is 2.25. The Balaban J connectivity index is 1.76. The quantitative estimate of drug-likeness (QED) is 0.705. The second-order valence-electron chi connectivity index (χ2n) is 5.76. The fourth-order valence-electron chi connectivity index (χ4n) is 2.80. The minimum absolute atomic E-state index is 0.0525. The molecule has 1 aliphatic heterocycles. The summed E-state index contributed by atoms with van der Waals surface area (Å²) in [5.41, 5.74) is 2.40. The van der Waals surface area contributed by atoms with E-state index >= 15 is 0 Å². The highest BCUT2D eigenvalue weighted by atomic mass is 127. The van der Waals surface area contributed by atoms with Crippen LogP contribution in [0.4, 0.5) is 11.4 Å². The molecule has 1 N–H and O–H groups in total. The lowest BCUT2D eigenvalue weighted by molar-refractivity contribution is -0.122. The van der Waals surface area contributed by atoms with E-state index in [0.717, 1.165) is 20.5 Å². The first kappa shape index (κ1) is 17.2. The van der Waals surface area contributed by atoms with Crippen LogP contribution in [0.1, 0.15) is 12.0 Å². The standard InChI is InChI=1S/C18H16ClIN2O2/c1-11-13(19)5-4-8-16(11)22-10-12(9-17(22)23)18(24)21-15-7-3-2-6-14(15)20/h2-8,12H,9-10H2,1H3,(H,21,24). The molecule has 1 unspecified atom stereocenters. The largest absolute Gasteiger partial charge is 0.325 e. The number of rotatable bonds is 3. The van der Waals surface area contributed by atoms with Crippen molar-refractivity contribution in [2.45, 2.75) is 13.3 Å². The molecule has 1 heterocycles. The second-order valence-corrected chi connectivity index (χ2v) is 7.33. The van der Waals surface area contributed by atoms with Gasteiger partial charge in [0, 0.05) is 27.2 Å². The van der Waals surface area contributed by atoms with E-state index in [1.54, 1.807) is 11.0 Å². The molecule has 0 bridgehead atoms. The van der Waals surface area contributed by atoms with E-state index in [4.69, 9.17) is 11.6 Å². The highest BCUT2D eigenvalue weighted by molar-refractivity contribution is 14.1. The molecule has 124 valence electrons. The molecule has 0 saturated carbocycles. The lowest BCUT2D eigenvalue weighted by Crippen LogP contribution is -2.28. The number of halogens is 2. The first-order valence-electron chi connectivity index (χ1n) is 7.58. The van der Waals surface area contributed by atoms with Crippen LogP contribution in [0.5, 0.6) is 0 Å². The van der Waals surface area contributed by atoms with Crippen molar-refractivity contribution < 1.29 is 9.59 Å². The van der Waals surface area contributed by atoms with E-state index in [0.29, 0.717) is 11.6 Å². The first-order chi connectivity index (χ1) is 11.5. The van der Waals surface area contributed by atoms with Gasteiger partial charge >= 0.3 is 0 Å². The van der Waals surface area contributed by atoms with Crippen molar-refractivity contribution in [3.63, 3.8) is 0 Å². The topological polar surface area (TPSA) is 49.4 Å². The molecular formula is C18H16ClIN2O2. The van der Waals surface area contributed by atoms with Crippen LogP contribution in [-0.4, -0.2) is 18.4 Å². The lowest BCUT2D eigenvalue weighted by Gasteiger charge is -2.19. The van der Waals surface area contributed by atoms with E-state index < -0.39 is 0 Å². The lowest BCUT2D eigenvalue weighted by atomic mass is 10.1. The number of anilines is 2. The Kier molecular flexibility index (Phi) is 5.10. The highest BCUT2D eigenvalue weighted by Gasteiger charge is 2.36. The number of amides is 2. The summed E-state index contributed by atoms with van der Waals surface area (Å²) in [6, 6.07) is 13.0. The smallest absolute Gasteiger partial charge is 0.229 e. The molecule has 0 radical (unpaired) electrons. The van der Waals surface area contributed by atoms with Gasteiger partial charge in [-0.2, -0.15) is 0 Å². The maximum atomic E-state index is 12.5. The summed E-state index contributed by atoms with van der Waals surface area (Å²) in [7, 11) is 0. The normalized spacial score (nSPS) is 17.2. The average Bonchev–Trinajstić information content (AvgIpc) is 2.94. The molecule has 3 rings (SSSR count). The molecular weight excluding hydrogens is 439 g/mol. The summed E-state index contributed by atoms with van der Waals surface area (Å²) in [5.74, 6) is -0.551. The Morgan fingerprint density at radius 3 is 2.75 bits per heavy atom. The molecule has 2 aromatic rings. The summed E-state index contributed by atoms with van der Waals surface area (Å²) in [4.78, 5) is 26.5. The third-order valence-electron chi connectivity index (χ3n) is 4.16. The Morgan fingerprint density at radius 2 is 2.00 bits per heavy atom. The fraction of sp³-hybridized carbons (Fsp3) is 0.222. The minimum atomic E-state index is -0.369. The van der Waals surface area contributed by atoms with E-state index in [9.17, 15) is 9.59 Å². The number of nitrogens with one attached hydrogen (secondary N) is 1. The van der Waals surface area contributed by atoms with Crippen molar-refractivity contribution in [3.8, 4) is 0 Å². The van der Waals surface area contributed by atoms with Crippen molar-refractivity contribution in [1.82, 2.24) is 0 Å². The average molecular weight is 455 g/mol. The Labute approximate surface area is 159 Å². The molecule has 0 aliphatic carbocycles. The van der Waals surface area contributed by atoms with E-state index in [2.05, 4.69) is 27.9 Å². The first-order valence-corrected chi connectivity index (χ1v) is 9.04. The molecule has 0 aromatic heterocycles. The van der Waals surface area contributed by atoms with Crippen molar-refractivity contribution in [2.75, 3.05) is 16.8 Å². The second kappa shape index (κ2) is 7.11. The molecule has 6 heteroatoms. The molecule has 24 heavy (non-hydrogen) atoms. The van der Waals surface area contributed by atoms with Gasteiger partial charge in [0.1, 0.15) is 0 Å². The zero-order valence-corrected chi connectivity index (χ0v) is 16.0. The van der Waals surface area contributed by atoms with Gasteiger partial charge < -0.3 is 10.2 Å². The molecule has 2 aromatic carbocycles. The summed E-state index contributed by atoms with van der Waals surface area (Å²) >= 11 is 8.32. The Hall–Kier alpha value is -1.60. The number of carbonyl (C=O) groups is 2. The van der Waals surface area contributed by atoms with E-state index in [1.807, 2.05) is 43.3 Å². The van der Waals surface area contributed by atoms with Gasteiger partial charge in [0.25, 0.3) is 0 Å². The summed E-state index contributed by atoms with van der Waals surface area (Å²) in [5, 5.41) is 3.54. The van der Waals surface area contributed by atoms with Gasteiger partial charge in [-0.25, -0.2) is 0 Å². The van der Waals surface area contributed by atoms with Crippen molar-refractivity contribution in [2.24, 2.45) is 5.92 Å². The van der Waals surface area contributed by atoms with Crippen LogP contribution in [0.25, 0.3) is 0 Å². The molecule has 0 spiro atoms. The van der Waals surface area contributed by atoms with Gasteiger partial charge in [0.15, 0.2) is 0 Å². The van der Waals surface area contributed by atoms with Crippen molar-refractivity contribution in [1.29, 1.82) is 0 Å². The van der Waals surface area contributed by atoms with Crippen molar-refractivity contribution in [3.05, 3.63) is 56.6 Å². The minimum Gasteiger partial charge on any atom is -0.325 e. The molecule has 2 amide bonds. The highest BCUT2D eigenvalue weighted by Crippen LogP contribution is 2.32. The van der Waals surface area contributed by atoms with E-state index in [1.165, 1.54) is 0 Å². The number of benzene rings is 2. The Morgan fingerprint density at radius 1 is 1.25 bits per heavy atom. The predicted octanol–water partition coefficient (Wildman–Crippen LogP) is 4.24. The summed E-state index contributed by atoms with van der Waals surface area (Å²) in [6.07, 6.45) is 0.210. The molecule has 1 fully saturated rings. The van der Waals surface area contributed by atoms with Crippen LogP contribution in [0.3, 0.4) is 0 Å². The number of para-hydroxylation sites is 1. The van der Waals surface area contributed by atoms with Crippen molar-refractivity contribution >= 4 is 57.4 Å². The van der Waals surface area contributed by atoms with Gasteiger partial charge in [0.2, 0.25) is 11.8 Å². The van der Waals surface area contributed by atoms with Gasteiger partial charge in [-0.15, -0.1) is 0 Å². The fourth-order valence-corrected chi connectivity index (χ4v) is 3.49. The van der Waals surface area contributed by atoms with Gasteiger partial charge in [-0.05, 0) is 59.3 Å². The number of nitrogens with zero attached hydrogens (tertiary/aromatic N) is 1. The number of carbonyl (C=O) groups excluding carboxylic acids is 2. The predicted molar refractivity (Wildman–Crippen MR) is 104 cm³/mol. The molecule has 1 atom stereocenters. The van der Waals surface area contributed by atoms with Crippen LogP contribution in [0.15, 0.2) is 42.5 Å². The van der Waals surface area contributed by atoms with Crippen LogP contribution < -0.4 is 10.2 Å². The third kappa shape index (κ3) is 3.42. The molecule has 4 nitrogen and oxygen atoms in total. The zero-order chi connectivity index (χ0) is 17.3. The Bertz CT molecular complexity index is 809. The van der Waals surface area contributed by atoms with Crippen LogP contribution in [0.2, 0.25) is 5.02 Å². The van der Waals surface area contributed by atoms with Gasteiger partial charge in [-0.1, -0.05) is 29.8 Å². The number of hydrogen-bond acceptors (Lipinski definition) is 2. The molecule has 1 saturated heterocycles. The maximum Gasteiger partial charge on any atom is 0.229 e. The number of hydrogen-bond donors (Lipinski definition) is 1. The monoisotopic (exact) mass is 454 g/mol. The molecule has 1 aliphatic rings. The summed E-state index contributed by atoms with van der Waals surface area (Å²) < 4.78 is 0.968. The van der Waals surface area contributed by atoms with E-state index in [-0.39, 0.29) is 24.2 Å². The third-order valence-corrected chi connectivity index (χ3v) is 5.51.